The monoisotopic (exact) mass is 245 g/mol. The van der Waals surface area contributed by atoms with Gasteiger partial charge in [0.25, 0.3) is 7.48 Å². The van der Waals surface area contributed by atoms with Gasteiger partial charge in [0, 0.05) is 5.82 Å². The molecule has 1 aromatic rings. The van der Waals surface area contributed by atoms with Crippen LogP contribution < -0.4 is 5.73 Å². The van der Waals surface area contributed by atoms with E-state index in [1.54, 1.807) is 6.26 Å². The van der Waals surface area contributed by atoms with Gasteiger partial charge in [0.2, 0.25) is 0 Å². The molecule has 1 heterocycles. The van der Waals surface area contributed by atoms with Crippen LogP contribution in [0.2, 0.25) is 0 Å². The minimum atomic E-state index is 0.262. The van der Waals surface area contributed by atoms with E-state index in [-0.39, 0.29) is 6.73 Å². The Hall–Kier alpha value is -0.255. The van der Waals surface area contributed by atoms with E-state index in [0.717, 1.165) is 16.7 Å². The van der Waals surface area contributed by atoms with Crippen molar-refractivity contribution in [2.75, 3.05) is 6.73 Å². The Bertz CT molecular complexity index is 254. The van der Waals surface area contributed by atoms with Crippen LogP contribution in [0.1, 0.15) is 24.9 Å². The van der Waals surface area contributed by atoms with Crippen LogP contribution in [0.3, 0.4) is 0 Å². The molecule has 0 aliphatic rings. The molecule has 0 saturated heterocycles. The Labute approximate surface area is 87.0 Å². The third-order valence-electron chi connectivity index (χ3n) is 1.92. The van der Waals surface area contributed by atoms with Crippen LogP contribution in [0, 0.1) is 0 Å². The lowest BCUT2D eigenvalue weighted by molar-refractivity contribution is 0.336. The van der Waals surface area contributed by atoms with Crippen LogP contribution in [0.4, 0.5) is 0 Å². The second-order valence-corrected chi connectivity index (χ2v) is 3.73. The Morgan fingerprint density at radius 3 is 3.00 bits per heavy atom. The van der Waals surface area contributed by atoms with Gasteiger partial charge in [-0.1, -0.05) is 13.3 Å². The lowest BCUT2D eigenvalue weighted by Crippen LogP contribution is -2.15. The first-order valence-electron chi connectivity index (χ1n) is 4.29. The summed E-state index contributed by atoms with van der Waals surface area (Å²) in [5.41, 5.74) is 5.25. The highest BCUT2D eigenvalue weighted by Crippen LogP contribution is 2.23. The third kappa shape index (κ3) is 3.17. The maximum absolute atomic E-state index is 5.35. The van der Waals surface area contributed by atoms with Crippen molar-refractivity contribution >= 4 is 23.4 Å². The maximum Gasteiger partial charge on any atom is 0.287 e. The zero-order valence-corrected chi connectivity index (χ0v) is 9.21. The number of rotatable bonds is 5. The first-order valence-corrected chi connectivity index (χ1v) is 5.09. The van der Waals surface area contributed by atoms with Crippen molar-refractivity contribution in [2.24, 2.45) is 5.73 Å². The highest BCUT2D eigenvalue weighted by molar-refractivity contribution is 9.10. The quantitative estimate of drug-likeness (QED) is 0.636. The van der Waals surface area contributed by atoms with Gasteiger partial charge in [-0.2, -0.15) is 0 Å². The van der Waals surface area contributed by atoms with Crippen molar-refractivity contribution in [3.8, 4) is 0 Å². The summed E-state index contributed by atoms with van der Waals surface area (Å²) in [7, 11) is 0.618. The Balaban J connectivity index is 2.56. The van der Waals surface area contributed by atoms with Crippen LogP contribution >= 0.6 is 15.9 Å². The normalized spacial score (nSPS) is 12.8. The van der Waals surface area contributed by atoms with Crippen LogP contribution in [-0.4, -0.2) is 14.2 Å². The van der Waals surface area contributed by atoms with Gasteiger partial charge < -0.3 is 14.8 Å². The van der Waals surface area contributed by atoms with Crippen LogP contribution in [0.15, 0.2) is 21.2 Å². The smallest absolute Gasteiger partial charge is 0.287 e. The van der Waals surface area contributed by atoms with Crippen molar-refractivity contribution in [1.82, 2.24) is 0 Å². The van der Waals surface area contributed by atoms with E-state index >= 15 is 0 Å². The molecule has 0 aromatic carbocycles. The van der Waals surface area contributed by atoms with Crippen molar-refractivity contribution in [1.29, 1.82) is 0 Å². The molecule has 2 N–H and O–H groups in total. The van der Waals surface area contributed by atoms with Crippen LogP contribution in [-0.2, 0) is 4.65 Å². The largest absolute Gasteiger partial charge is 0.469 e. The molecule has 5 heteroatoms. The summed E-state index contributed by atoms with van der Waals surface area (Å²) >= 11 is 3.34. The van der Waals surface area contributed by atoms with Crippen molar-refractivity contribution in [3.05, 3.63) is 22.6 Å². The molecule has 13 heavy (non-hydrogen) atoms. The van der Waals surface area contributed by atoms with Gasteiger partial charge in [-0.15, -0.1) is 0 Å². The van der Waals surface area contributed by atoms with E-state index in [1.807, 2.05) is 6.07 Å². The minimum absolute atomic E-state index is 0.262. The lowest BCUT2D eigenvalue weighted by Gasteiger charge is -2.08. The van der Waals surface area contributed by atoms with Gasteiger partial charge in [0.15, 0.2) is 0 Å². The van der Waals surface area contributed by atoms with Crippen molar-refractivity contribution in [2.45, 2.75) is 19.2 Å². The van der Waals surface area contributed by atoms with Gasteiger partial charge in [0.1, 0.15) is 12.0 Å². The molecule has 1 atom stereocenters. The number of furan rings is 1. The molecule has 0 bridgehead atoms. The summed E-state index contributed by atoms with van der Waals surface area (Å²) in [6.45, 7) is 2.36. The standard InChI is InChI=1S/C8H13BBrNO2/c1-2-7(9-13-5-11)8-3-6(10)4-12-8/h3-4,7,9H,2,5,11H2,1H3. The fourth-order valence-electron chi connectivity index (χ4n) is 1.15. The van der Waals surface area contributed by atoms with E-state index in [1.165, 1.54) is 0 Å². The third-order valence-corrected chi connectivity index (χ3v) is 2.34. The molecule has 3 nitrogen and oxygen atoms in total. The highest BCUT2D eigenvalue weighted by Gasteiger charge is 2.15. The molecular weight excluding hydrogens is 233 g/mol. The number of nitrogens with two attached hydrogens (primary N) is 1. The molecule has 0 amide bonds. The molecule has 1 aromatic heterocycles. The number of hydrogen-bond donors (Lipinski definition) is 1. The Morgan fingerprint density at radius 1 is 1.77 bits per heavy atom. The summed E-state index contributed by atoms with van der Waals surface area (Å²) in [5, 5.41) is 0. The van der Waals surface area contributed by atoms with E-state index in [2.05, 4.69) is 22.9 Å². The molecule has 72 valence electrons. The second kappa shape index (κ2) is 5.47. The topological polar surface area (TPSA) is 48.4 Å². The SMILES string of the molecule is CCC(BOCN)c1cc(Br)co1. The first-order chi connectivity index (χ1) is 6.27. The zero-order valence-electron chi connectivity index (χ0n) is 7.63. The molecule has 0 fully saturated rings. The molecule has 1 rings (SSSR count). The fourth-order valence-corrected chi connectivity index (χ4v) is 1.47. The van der Waals surface area contributed by atoms with Gasteiger partial charge in [-0.05, 0) is 22.0 Å². The van der Waals surface area contributed by atoms with Gasteiger partial charge >= 0.3 is 0 Å². The van der Waals surface area contributed by atoms with Gasteiger partial charge in [-0.3, -0.25) is 0 Å². The maximum atomic E-state index is 5.35. The molecule has 0 saturated carbocycles. The average molecular weight is 246 g/mol. The lowest BCUT2D eigenvalue weighted by atomic mass is 9.76. The fraction of sp³-hybridized carbons (Fsp3) is 0.500. The second-order valence-electron chi connectivity index (χ2n) is 2.81. The van der Waals surface area contributed by atoms with Gasteiger partial charge in [0.05, 0.1) is 11.2 Å². The average Bonchev–Trinajstić information content (AvgIpc) is 2.54. The number of hydrogen-bond acceptors (Lipinski definition) is 3. The van der Waals surface area contributed by atoms with E-state index in [0.29, 0.717) is 13.3 Å². The highest BCUT2D eigenvalue weighted by atomic mass is 79.9. The molecule has 0 aliphatic carbocycles. The van der Waals surface area contributed by atoms with Crippen molar-refractivity contribution in [3.63, 3.8) is 0 Å². The van der Waals surface area contributed by atoms with Gasteiger partial charge in [-0.25, -0.2) is 0 Å². The Morgan fingerprint density at radius 2 is 2.54 bits per heavy atom. The molecular formula is C8H13BBrNO2. The van der Waals surface area contributed by atoms with E-state index < -0.39 is 0 Å². The van der Waals surface area contributed by atoms with E-state index in [4.69, 9.17) is 14.8 Å². The summed E-state index contributed by atoms with van der Waals surface area (Å²) < 4.78 is 11.5. The minimum Gasteiger partial charge on any atom is -0.469 e. The van der Waals surface area contributed by atoms with Crippen LogP contribution in [0.5, 0.6) is 0 Å². The molecule has 0 radical (unpaired) electrons. The number of halogens is 1. The molecule has 0 spiro atoms. The van der Waals surface area contributed by atoms with Crippen LogP contribution in [0.25, 0.3) is 0 Å². The zero-order chi connectivity index (χ0) is 9.68. The summed E-state index contributed by atoms with van der Waals surface area (Å²) in [6.07, 6.45) is 2.67. The summed E-state index contributed by atoms with van der Waals surface area (Å²) in [6, 6.07) is 1.97. The molecule has 1 unspecified atom stereocenters. The summed E-state index contributed by atoms with van der Waals surface area (Å²) in [4.78, 5) is 0. The summed E-state index contributed by atoms with van der Waals surface area (Å²) in [5.74, 6) is 1.25. The first kappa shape index (κ1) is 10.8. The van der Waals surface area contributed by atoms with E-state index in [9.17, 15) is 0 Å². The van der Waals surface area contributed by atoms with Crippen molar-refractivity contribution < 1.29 is 9.07 Å². The predicted molar refractivity (Wildman–Crippen MR) is 56.7 cm³/mol. The predicted octanol–water partition coefficient (Wildman–Crippen LogP) is 1.78. The molecule has 0 aliphatic heterocycles. The Kier molecular flexibility index (Phi) is 4.55.